The van der Waals surface area contributed by atoms with E-state index in [1.165, 1.54) is 6.07 Å². The normalized spacial score (nSPS) is 12.7. The Morgan fingerprint density at radius 1 is 1.39 bits per heavy atom. The van der Waals surface area contributed by atoms with Gasteiger partial charge in [-0.1, -0.05) is 12.1 Å². The number of nitrogens with one attached hydrogen (secondary N) is 3. The lowest BCUT2D eigenvalue weighted by atomic mass is 10.1. The number of methoxy groups -OCH3 is 1. The maximum absolute atomic E-state index is 13.6. The molecule has 0 saturated heterocycles. The highest BCUT2D eigenvalue weighted by atomic mass is 19.1. The van der Waals surface area contributed by atoms with Crippen molar-refractivity contribution in [1.29, 1.82) is 0 Å². The van der Waals surface area contributed by atoms with Crippen LogP contribution in [-0.4, -0.2) is 45.7 Å². The molecule has 1 aromatic carbocycles. The van der Waals surface area contributed by atoms with Crippen molar-refractivity contribution >= 4 is 11.9 Å². The van der Waals surface area contributed by atoms with Gasteiger partial charge in [-0.05, 0) is 31.0 Å². The van der Waals surface area contributed by atoms with Crippen molar-refractivity contribution in [2.45, 2.75) is 19.9 Å². The van der Waals surface area contributed by atoms with Gasteiger partial charge in [0.05, 0.1) is 19.2 Å². The van der Waals surface area contributed by atoms with Crippen LogP contribution in [0.25, 0.3) is 0 Å². The number of rotatable bonds is 7. The van der Waals surface area contributed by atoms with Crippen LogP contribution in [0.1, 0.15) is 24.1 Å². The first-order valence-corrected chi connectivity index (χ1v) is 7.46. The van der Waals surface area contributed by atoms with Crippen LogP contribution in [0, 0.1) is 12.7 Å². The first kappa shape index (κ1) is 18.9. The molecule has 0 aliphatic rings. The standard InChI is InChI=1S/C16H25FN4O2/c1-11-5-6-13(9-14(11)17)12(2)21-16(18-3)20-10-15(22)19-7-8-23-4/h5-6,9,12H,7-8,10H2,1-4H3,(H,19,22)(H2,18,20,21). The summed E-state index contributed by atoms with van der Waals surface area (Å²) in [4.78, 5) is 15.7. The molecule has 1 amide bonds. The molecule has 0 heterocycles. The Morgan fingerprint density at radius 3 is 2.74 bits per heavy atom. The van der Waals surface area contributed by atoms with E-state index in [-0.39, 0.29) is 24.3 Å². The second kappa shape index (κ2) is 9.78. The molecule has 0 fully saturated rings. The van der Waals surface area contributed by atoms with Crippen LogP contribution in [0.4, 0.5) is 4.39 Å². The molecule has 3 N–H and O–H groups in total. The number of hydrogen-bond acceptors (Lipinski definition) is 3. The number of aliphatic imine (C=N–C) groups is 1. The quantitative estimate of drug-likeness (QED) is 0.399. The molecule has 0 bridgehead atoms. The summed E-state index contributed by atoms with van der Waals surface area (Å²) in [5.41, 5.74) is 1.41. The molecule has 1 unspecified atom stereocenters. The molecule has 0 aliphatic heterocycles. The highest BCUT2D eigenvalue weighted by Crippen LogP contribution is 2.16. The minimum absolute atomic E-state index is 0.0956. The van der Waals surface area contributed by atoms with Crippen molar-refractivity contribution in [2.75, 3.05) is 33.9 Å². The van der Waals surface area contributed by atoms with Gasteiger partial charge in [-0.15, -0.1) is 0 Å². The van der Waals surface area contributed by atoms with E-state index in [0.29, 0.717) is 24.7 Å². The number of halogens is 1. The van der Waals surface area contributed by atoms with E-state index in [1.807, 2.05) is 13.0 Å². The lowest BCUT2D eigenvalue weighted by molar-refractivity contribution is -0.120. The number of nitrogens with zero attached hydrogens (tertiary/aromatic N) is 1. The van der Waals surface area contributed by atoms with Gasteiger partial charge in [0, 0.05) is 20.7 Å². The molecule has 0 radical (unpaired) electrons. The van der Waals surface area contributed by atoms with Gasteiger partial charge in [-0.25, -0.2) is 4.39 Å². The van der Waals surface area contributed by atoms with E-state index in [1.54, 1.807) is 27.1 Å². The second-order valence-corrected chi connectivity index (χ2v) is 5.14. The average molecular weight is 324 g/mol. The van der Waals surface area contributed by atoms with E-state index in [2.05, 4.69) is 20.9 Å². The number of hydrogen-bond donors (Lipinski definition) is 3. The molecule has 7 heteroatoms. The maximum Gasteiger partial charge on any atom is 0.239 e. The molecule has 6 nitrogen and oxygen atoms in total. The number of carbonyl (C=O) groups is 1. The average Bonchev–Trinajstić information content (AvgIpc) is 2.54. The molecule has 23 heavy (non-hydrogen) atoms. The Bertz CT molecular complexity index is 549. The molecule has 1 atom stereocenters. The van der Waals surface area contributed by atoms with E-state index in [4.69, 9.17) is 4.74 Å². The predicted octanol–water partition coefficient (Wildman–Crippen LogP) is 1.12. The van der Waals surface area contributed by atoms with Gasteiger partial charge < -0.3 is 20.7 Å². The van der Waals surface area contributed by atoms with Gasteiger partial charge in [-0.2, -0.15) is 0 Å². The highest BCUT2D eigenvalue weighted by Gasteiger charge is 2.10. The van der Waals surface area contributed by atoms with Crippen LogP contribution < -0.4 is 16.0 Å². The van der Waals surface area contributed by atoms with Gasteiger partial charge >= 0.3 is 0 Å². The van der Waals surface area contributed by atoms with Gasteiger partial charge in [0.1, 0.15) is 5.82 Å². The summed E-state index contributed by atoms with van der Waals surface area (Å²) in [6, 6.07) is 4.95. The van der Waals surface area contributed by atoms with Crippen LogP contribution in [0.15, 0.2) is 23.2 Å². The third-order valence-corrected chi connectivity index (χ3v) is 3.32. The Hall–Kier alpha value is -2.15. The van der Waals surface area contributed by atoms with Crippen molar-refractivity contribution in [3.63, 3.8) is 0 Å². The number of ether oxygens (including phenoxy) is 1. The molecular formula is C16H25FN4O2. The van der Waals surface area contributed by atoms with Crippen molar-refractivity contribution in [3.05, 3.63) is 35.1 Å². The minimum Gasteiger partial charge on any atom is -0.383 e. The highest BCUT2D eigenvalue weighted by molar-refractivity contribution is 5.86. The molecule has 0 saturated carbocycles. The first-order chi connectivity index (χ1) is 11.0. The second-order valence-electron chi connectivity index (χ2n) is 5.14. The summed E-state index contributed by atoms with van der Waals surface area (Å²) < 4.78 is 18.5. The molecule has 0 spiro atoms. The topological polar surface area (TPSA) is 74.8 Å². The summed E-state index contributed by atoms with van der Waals surface area (Å²) >= 11 is 0. The summed E-state index contributed by atoms with van der Waals surface area (Å²) in [6.07, 6.45) is 0. The Morgan fingerprint density at radius 2 is 2.13 bits per heavy atom. The summed E-state index contributed by atoms with van der Waals surface area (Å²) in [6.45, 7) is 4.64. The number of carbonyl (C=O) groups excluding carboxylic acids is 1. The van der Waals surface area contributed by atoms with E-state index >= 15 is 0 Å². The third kappa shape index (κ3) is 6.65. The number of aryl methyl sites for hydroxylation is 1. The van der Waals surface area contributed by atoms with Crippen molar-refractivity contribution < 1.29 is 13.9 Å². The van der Waals surface area contributed by atoms with Crippen molar-refractivity contribution in [2.24, 2.45) is 4.99 Å². The molecule has 0 aromatic heterocycles. The lowest BCUT2D eigenvalue weighted by Crippen LogP contribution is -2.44. The minimum atomic E-state index is -0.239. The zero-order valence-corrected chi connectivity index (χ0v) is 14.1. The summed E-state index contributed by atoms with van der Waals surface area (Å²) in [5.74, 6) is 0.0797. The zero-order valence-electron chi connectivity index (χ0n) is 14.1. The summed E-state index contributed by atoms with van der Waals surface area (Å²) in [7, 11) is 3.19. The fourth-order valence-electron chi connectivity index (χ4n) is 1.88. The molecule has 128 valence electrons. The molecule has 1 aromatic rings. The first-order valence-electron chi connectivity index (χ1n) is 7.46. The van der Waals surface area contributed by atoms with Gasteiger partial charge in [0.15, 0.2) is 5.96 Å². The van der Waals surface area contributed by atoms with E-state index < -0.39 is 0 Å². The SMILES string of the molecule is CN=C(NCC(=O)NCCOC)NC(C)c1ccc(C)c(F)c1. The van der Waals surface area contributed by atoms with E-state index in [0.717, 1.165) is 5.56 Å². The third-order valence-electron chi connectivity index (χ3n) is 3.32. The molecule has 0 aliphatic carbocycles. The van der Waals surface area contributed by atoms with E-state index in [9.17, 15) is 9.18 Å². The fourth-order valence-corrected chi connectivity index (χ4v) is 1.88. The van der Waals surface area contributed by atoms with Crippen LogP contribution in [0.2, 0.25) is 0 Å². The molecular weight excluding hydrogens is 299 g/mol. The van der Waals surface area contributed by atoms with Crippen LogP contribution in [0.5, 0.6) is 0 Å². The van der Waals surface area contributed by atoms with Crippen molar-refractivity contribution in [3.8, 4) is 0 Å². The lowest BCUT2D eigenvalue weighted by Gasteiger charge is -2.18. The van der Waals surface area contributed by atoms with Gasteiger partial charge in [0.2, 0.25) is 5.91 Å². The number of guanidine groups is 1. The Labute approximate surface area is 136 Å². The predicted molar refractivity (Wildman–Crippen MR) is 88.9 cm³/mol. The van der Waals surface area contributed by atoms with Crippen LogP contribution in [-0.2, 0) is 9.53 Å². The Balaban J connectivity index is 2.49. The number of benzene rings is 1. The van der Waals surface area contributed by atoms with Crippen molar-refractivity contribution in [1.82, 2.24) is 16.0 Å². The summed E-state index contributed by atoms with van der Waals surface area (Å²) in [5, 5.41) is 8.74. The number of amides is 1. The zero-order chi connectivity index (χ0) is 17.2. The van der Waals surface area contributed by atoms with Crippen LogP contribution >= 0.6 is 0 Å². The van der Waals surface area contributed by atoms with Gasteiger partial charge in [0.25, 0.3) is 0 Å². The van der Waals surface area contributed by atoms with Crippen LogP contribution in [0.3, 0.4) is 0 Å². The molecule has 1 rings (SSSR count). The maximum atomic E-state index is 13.6. The monoisotopic (exact) mass is 324 g/mol. The largest absolute Gasteiger partial charge is 0.383 e. The van der Waals surface area contributed by atoms with Gasteiger partial charge in [-0.3, -0.25) is 9.79 Å². The fraction of sp³-hybridized carbons (Fsp3) is 0.500. The smallest absolute Gasteiger partial charge is 0.239 e. The Kier molecular flexibility index (Phi) is 8.04.